The molecule has 0 spiro atoms. The van der Waals surface area contributed by atoms with Gasteiger partial charge in [0.1, 0.15) is 11.5 Å². The number of aromatic nitrogens is 3. The number of hydrogen-bond donors (Lipinski definition) is 3. The first-order valence-electron chi connectivity index (χ1n) is 7.37. The molecule has 3 N–H and O–H groups in total. The maximum Gasteiger partial charge on any atom is 0.286 e. The van der Waals surface area contributed by atoms with Gasteiger partial charge in [-0.2, -0.15) is 0 Å². The van der Waals surface area contributed by atoms with Gasteiger partial charge in [0.25, 0.3) is 5.91 Å². The minimum Gasteiger partial charge on any atom is -0.345 e. The van der Waals surface area contributed by atoms with Crippen LogP contribution < -0.4 is 10.9 Å². The monoisotopic (exact) mass is 389 g/mol. The Balaban J connectivity index is 1.50. The van der Waals surface area contributed by atoms with E-state index in [0.717, 1.165) is 21.3 Å². The number of aryl methyl sites for hydroxylation is 2. The van der Waals surface area contributed by atoms with Crippen LogP contribution in [0.25, 0.3) is 11.0 Å². The summed E-state index contributed by atoms with van der Waals surface area (Å²) in [6.07, 6.45) is 2.45. The topological polar surface area (TPSA) is 91.8 Å². The van der Waals surface area contributed by atoms with Crippen molar-refractivity contribution in [2.24, 2.45) is 7.05 Å². The maximum atomic E-state index is 12.0. The molecule has 0 saturated carbocycles. The second-order valence-corrected chi connectivity index (χ2v) is 6.27. The van der Waals surface area contributed by atoms with Crippen LogP contribution in [-0.2, 0) is 18.3 Å². The van der Waals surface area contributed by atoms with E-state index in [-0.39, 0.29) is 18.2 Å². The number of H-pyrrole nitrogens is 1. The van der Waals surface area contributed by atoms with Gasteiger partial charge in [0.2, 0.25) is 5.91 Å². The molecule has 3 aromatic rings. The van der Waals surface area contributed by atoms with E-state index in [2.05, 4.69) is 36.7 Å². The molecule has 0 aliphatic carbocycles. The molecular weight excluding hydrogens is 374 g/mol. The molecule has 8 heteroatoms. The first-order chi connectivity index (χ1) is 11.5. The third kappa shape index (κ3) is 3.65. The first kappa shape index (κ1) is 16.3. The van der Waals surface area contributed by atoms with Gasteiger partial charge in [-0.25, -0.2) is 4.98 Å². The van der Waals surface area contributed by atoms with Crippen LogP contribution in [0.5, 0.6) is 0 Å². The molecule has 3 rings (SSSR count). The van der Waals surface area contributed by atoms with Crippen molar-refractivity contribution in [2.75, 3.05) is 0 Å². The van der Waals surface area contributed by atoms with Crippen LogP contribution in [0.3, 0.4) is 0 Å². The predicted octanol–water partition coefficient (Wildman–Crippen LogP) is 2.06. The normalized spacial score (nSPS) is 10.8. The predicted molar refractivity (Wildman–Crippen MR) is 93.1 cm³/mol. The average Bonchev–Trinajstić information content (AvgIpc) is 3.12. The van der Waals surface area contributed by atoms with E-state index in [0.29, 0.717) is 12.1 Å². The maximum absolute atomic E-state index is 12.0. The molecule has 0 aliphatic rings. The van der Waals surface area contributed by atoms with Crippen molar-refractivity contribution in [1.29, 1.82) is 0 Å². The van der Waals surface area contributed by atoms with Gasteiger partial charge in [0, 0.05) is 30.6 Å². The molecule has 0 saturated heterocycles. The number of benzene rings is 1. The van der Waals surface area contributed by atoms with E-state index >= 15 is 0 Å². The summed E-state index contributed by atoms with van der Waals surface area (Å²) >= 11 is 3.30. The third-order valence-electron chi connectivity index (χ3n) is 3.55. The summed E-state index contributed by atoms with van der Waals surface area (Å²) in [5, 5.41) is 0. The van der Waals surface area contributed by atoms with Gasteiger partial charge >= 0.3 is 0 Å². The van der Waals surface area contributed by atoms with Crippen molar-refractivity contribution in [3.63, 3.8) is 0 Å². The summed E-state index contributed by atoms with van der Waals surface area (Å²) in [5.74, 6) is 0.0846. The fourth-order valence-electron chi connectivity index (χ4n) is 2.36. The summed E-state index contributed by atoms with van der Waals surface area (Å²) in [7, 11) is 1.75. The summed E-state index contributed by atoms with van der Waals surface area (Å²) in [6, 6.07) is 9.36. The summed E-state index contributed by atoms with van der Waals surface area (Å²) in [4.78, 5) is 31.4. The Morgan fingerprint density at radius 1 is 1.29 bits per heavy atom. The molecule has 0 radical (unpaired) electrons. The number of hydrazine groups is 1. The lowest BCUT2D eigenvalue weighted by atomic mass is 10.3. The smallest absolute Gasteiger partial charge is 0.286 e. The van der Waals surface area contributed by atoms with E-state index in [4.69, 9.17) is 0 Å². The van der Waals surface area contributed by atoms with Gasteiger partial charge in [-0.1, -0.05) is 12.1 Å². The van der Waals surface area contributed by atoms with E-state index in [9.17, 15) is 9.59 Å². The highest BCUT2D eigenvalue weighted by molar-refractivity contribution is 9.10. The Kier molecular flexibility index (Phi) is 4.66. The fourth-order valence-corrected chi connectivity index (χ4v) is 2.88. The highest BCUT2D eigenvalue weighted by Crippen LogP contribution is 2.13. The Labute approximate surface area is 146 Å². The molecule has 0 unspecified atom stereocenters. The van der Waals surface area contributed by atoms with Crippen LogP contribution in [0.2, 0.25) is 0 Å². The molecule has 0 aliphatic heterocycles. The van der Waals surface area contributed by atoms with E-state index < -0.39 is 0 Å². The molecule has 2 aromatic heterocycles. The molecule has 0 bridgehead atoms. The van der Waals surface area contributed by atoms with Gasteiger partial charge in [-0.3, -0.25) is 20.4 Å². The number of carbonyl (C=O) groups is 2. The second-order valence-electron chi connectivity index (χ2n) is 5.36. The van der Waals surface area contributed by atoms with Crippen LogP contribution in [0.4, 0.5) is 0 Å². The first-order valence-corrected chi connectivity index (χ1v) is 8.17. The summed E-state index contributed by atoms with van der Waals surface area (Å²) in [5.41, 5.74) is 7.07. The number of nitrogens with zero attached hydrogens (tertiary/aromatic N) is 2. The quantitative estimate of drug-likeness (QED) is 0.596. The summed E-state index contributed by atoms with van der Waals surface area (Å²) in [6.45, 7) is 0. The number of nitrogens with one attached hydrogen (secondary N) is 3. The van der Waals surface area contributed by atoms with Gasteiger partial charge in [0.15, 0.2) is 0 Å². The Bertz CT molecular complexity index is 866. The van der Waals surface area contributed by atoms with Gasteiger partial charge in [-0.05, 0) is 34.1 Å². The lowest BCUT2D eigenvalue weighted by Gasteiger charge is -2.07. The third-order valence-corrected chi connectivity index (χ3v) is 3.98. The number of amides is 2. The van der Waals surface area contributed by atoms with Crippen molar-refractivity contribution >= 4 is 38.8 Å². The number of imidazole rings is 1. The van der Waals surface area contributed by atoms with Gasteiger partial charge in [0.05, 0.1) is 11.0 Å². The lowest BCUT2D eigenvalue weighted by molar-refractivity contribution is -0.121. The molecule has 2 amide bonds. The van der Waals surface area contributed by atoms with Crippen LogP contribution >= 0.6 is 15.9 Å². The van der Waals surface area contributed by atoms with Crippen LogP contribution in [0.1, 0.15) is 22.7 Å². The number of carbonyl (C=O) groups excluding carboxylic acids is 2. The van der Waals surface area contributed by atoms with Crippen molar-refractivity contribution in [1.82, 2.24) is 25.4 Å². The number of rotatable bonds is 4. The molecule has 1 aromatic carbocycles. The number of para-hydroxylation sites is 2. The fraction of sp³-hybridized carbons (Fsp3) is 0.188. The molecule has 0 atom stereocenters. The zero-order valence-corrected chi connectivity index (χ0v) is 14.6. The minimum absolute atomic E-state index is 0.219. The molecular formula is C16H16BrN5O2. The highest BCUT2D eigenvalue weighted by atomic mass is 79.9. The standard InChI is InChI=1S/C16H16BrN5O2/c1-22-9-10(17)8-13(22)16(24)21-20-15(23)7-6-14-18-11-4-2-3-5-12(11)19-14/h2-5,8-9H,6-7H2,1H3,(H,18,19)(H,20,23)(H,21,24). The average molecular weight is 390 g/mol. The Morgan fingerprint density at radius 2 is 2.08 bits per heavy atom. The van der Waals surface area contributed by atoms with Crippen molar-refractivity contribution < 1.29 is 9.59 Å². The van der Waals surface area contributed by atoms with E-state index in [1.165, 1.54) is 0 Å². The molecule has 2 heterocycles. The zero-order valence-electron chi connectivity index (χ0n) is 13.0. The van der Waals surface area contributed by atoms with Gasteiger partial charge in [-0.15, -0.1) is 0 Å². The SMILES string of the molecule is Cn1cc(Br)cc1C(=O)NNC(=O)CCc1nc2ccccc2[nH]1. The van der Waals surface area contributed by atoms with Crippen LogP contribution in [-0.4, -0.2) is 26.3 Å². The number of hydrogen-bond acceptors (Lipinski definition) is 3. The highest BCUT2D eigenvalue weighted by Gasteiger charge is 2.12. The molecule has 24 heavy (non-hydrogen) atoms. The van der Waals surface area contributed by atoms with Crippen LogP contribution in [0.15, 0.2) is 41.0 Å². The zero-order chi connectivity index (χ0) is 17.1. The molecule has 0 fully saturated rings. The molecule has 124 valence electrons. The van der Waals surface area contributed by atoms with E-state index in [1.54, 1.807) is 23.9 Å². The Hall–Kier alpha value is -2.61. The second kappa shape index (κ2) is 6.88. The largest absolute Gasteiger partial charge is 0.345 e. The number of aromatic amines is 1. The van der Waals surface area contributed by atoms with Crippen molar-refractivity contribution in [3.8, 4) is 0 Å². The Morgan fingerprint density at radius 3 is 2.79 bits per heavy atom. The van der Waals surface area contributed by atoms with Gasteiger partial charge < -0.3 is 9.55 Å². The van der Waals surface area contributed by atoms with Crippen molar-refractivity contribution in [3.05, 3.63) is 52.5 Å². The molecule has 7 nitrogen and oxygen atoms in total. The summed E-state index contributed by atoms with van der Waals surface area (Å²) < 4.78 is 2.46. The minimum atomic E-state index is -0.375. The number of halogens is 1. The van der Waals surface area contributed by atoms with E-state index in [1.807, 2.05) is 24.3 Å². The van der Waals surface area contributed by atoms with Crippen LogP contribution in [0, 0.1) is 0 Å². The lowest BCUT2D eigenvalue weighted by Crippen LogP contribution is -2.42. The van der Waals surface area contributed by atoms with Crippen molar-refractivity contribution in [2.45, 2.75) is 12.8 Å². The number of fused-ring (bicyclic) bond motifs is 1.